The summed E-state index contributed by atoms with van der Waals surface area (Å²) >= 11 is 0. The number of hydrogen-bond acceptors (Lipinski definition) is 6. The van der Waals surface area contributed by atoms with Crippen molar-refractivity contribution in [2.75, 3.05) is 23.3 Å². The Morgan fingerprint density at radius 1 is 1.21 bits per heavy atom. The number of anilines is 2. The average Bonchev–Trinajstić information content (AvgIpc) is 2.68. The molecule has 2 fully saturated rings. The van der Waals surface area contributed by atoms with Gasteiger partial charge >= 0.3 is 0 Å². The summed E-state index contributed by atoms with van der Waals surface area (Å²) in [7, 11) is 0. The first-order valence-electron chi connectivity index (χ1n) is 9.84. The lowest BCUT2D eigenvalue weighted by Gasteiger charge is -2.40. The van der Waals surface area contributed by atoms with E-state index in [1.54, 1.807) is 0 Å². The van der Waals surface area contributed by atoms with Crippen molar-refractivity contribution < 1.29 is 0 Å². The van der Waals surface area contributed by atoms with Crippen molar-refractivity contribution >= 4 is 17.7 Å². The minimum atomic E-state index is -0.255. The molecule has 1 aromatic carbocycles. The first-order chi connectivity index (χ1) is 13.7. The van der Waals surface area contributed by atoms with Crippen molar-refractivity contribution in [3.8, 4) is 6.07 Å². The average molecular weight is 376 g/mol. The number of rotatable bonds is 5. The van der Waals surface area contributed by atoms with Crippen molar-refractivity contribution in [3.05, 3.63) is 51.6 Å². The topological polar surface area (TPSA) is 109 Å². The molecule has 1 aliphatic heterocycles. The van der Waals surface area contributed by atoms with E-state index in [0.29, 0.717) is 28.8 Å². The zero-order valence-corrected chi connectivity index (χ0v) is 15.7. The molecule has 0 amide bonds. The van der Waals surface area contributed by atoms with Gasteiger partial charge in [-0.05, 0) is 37.1 Å². The molecule has 2 aliphatic rings. The van der Waals surface area contributed by atoms with Gasteiger partial charge in [0.05, 0.1) is 23.1 Å². The number of aromatic nitrogens is 2. The fourth-order valence-electron chi connectivity index (χ4n) is 3.99. The van der Waals surface area contributed by atoms with Crippen molar-refractivity contribution in [1.82, 2.24) is 9.97 Å². The summed E-state index contributed by atoms with van der Waals surface area (Å²) in [4.78, 5) is 22.2. The standard InChI is InChI=1S/C21H24N6O/c22-10-14-6-8-17(9-7-14)27-12-15(13-27)19-25-20(18(11-23)21(28)26-19)24-16-4-2-1-3-5-16/h6-9,11,15-16,23H,1-5,12-13H2,(H2,24,25,26,28). The van der Waals surface area contributed by atoms with Gasteiger partial charge in [-0.15, -0.1) is 0 Å². The van der Waals surface area contributed by atoms with Crippen LogP contribution < -0.4 is 15.8 Å². The predicted molar refractivity (Wildman–Crippen MR) is 109 cm³/mol. The van der Waals surface area contributed by atoms with Gasteiger partial charge in [0, 0.05) is 31.0 Å². The summed E-state index contributed by atoms with van der Waals surface area (Å²) < 4.78 is 0. The van der Waals surface area contributed by atoms with E-state index in [2.05, 4.69) is 26.3 Å². The molecule has 2 aromatic rings. The van der Waals surface area contributed by atoms with Crippen LogP contribution in [0.3, 0.4) is 0 Å². The first-order valence-corrected chi connectivity index (χ1v) is 9.84. The molecule has 1 aromatic heterocycles. The van der Waals surface area contributed by atoms with Crippen LogP contribution in [-0.4, -0.2) is 35.3 Å². The largest absolute Gasteiger partial charge is 0.370 e. The van der Waals surface area contributed by atoms with Gasteiger partial charge < -0.3 is 20.6 Å². The molecule has 0 spiro atoms. The highest BCUT2D eigenvalue weighted by Gasteiger charge is 2.31. The van der Waals surface area contributed by atoms with Crippen molar-refractivity contribution in [1.29, 1.82) is 10.7 Å². The maximum Gasteiger partial charge on any atom is 0.261 e. The molecule has 7 nitrogen and oxygen atoms in total. The zero-order chi connectivity index (χ0) is 19.5. The van der Waals surface area contributed by atoms with Crippen LogP contribution in [0.4, 0.5) is 11.5 Å². The highest BCUT2D eigenvalue weighted by Crippen LogP contribution is 2.30. The Morgan fingerprint density at radius 3 is 2.57 bits per heavy atom. The number of nitriles is 1. The van der Waals surface area contributed by atoms with Gasteiger partial charge in [-0.2, -0.15) is 5.26 Å². The van der Waals surface area contributed by atoms with Gasteiger partial charge in [0.1, 0.15) is 11.6 Å². The third-order valence-corrected chi connectivity index (χ3v) is 5.69. The first kappa shape index (κ1) is 18.2. The Balaban J connectivity index is 1.49. The summed E-state index contributed by atoms with van der Waals surface area (Å²) in [5, 5.41) is 19.9. The summed E-state index contributed by atoms with van der Waals surface area (Å²) in [6, 6.07) is 9.97. The Labute approximate surface area is 163 Å². The maximum absolute atomic E-state index is 12.5. The van der Waals surface area contributed by atoms with Gasteiger partial charge in [-0.3, -0.25) is 4.79 Å². The summed E-state index contributed by atoms with van der Waals surface area (Å²) in [5.74, 6) is 1.37. The maximum atomic E-state index is 12.5. The smallest absolute Gasteiger partial charge is 0.261 e. The number of aromatic amines is 1. The van der Waals surface area contributed by atoms with Gasteiger partial charge in [0.25, 0.3) is 5.56 Å². The molecule has 28 heavy (non-hydrogen) atoms. The fourth-order valence-corrected chi connectivity index (χ4v) is 3.99. The molecule has 2 heterocycles. The third-order valence-electron chi connectivity index (χ3n) is 5.69. The lowest BCUT2D eigenvalue weighted by Crippen LogP contribution is -2.46. The highest BCUT2D eigenvalue weighted by molar-refractivity contribution is 5.83. The van der Waals surface area contributed by atoms with Crippen molar-refractivity contribution in [2.24, 2.45) is 0 Å². The van der Waals surface area contributed by atoms with Crippen LogP contribution in [0.15, 0.2) is 29.1 Å². The Kier molecular flexibility index (Phi) is 5.11. The van der Waals surface area contributed by atoms with E-state index >= 15 is 0 Å². The highest BCUT2D eigenvalue weighted by atomic mass is 16.1. The molecule has 3 N–H and O–H groups in total. The van der Waals surface area contributed by atoms with E-state index in [1.807, 2.05) is 24.3 Å². The van der Waals surface area contributed by atoms with Gasteiger partial charge in [0.2, 0.25) is 0 Å². The van der Waals surface area contributed by atoms with E-state index in [-0.39, 0.29) is 11.5 Å². The molecule has 1 aliphatic carbocycles. The SMILES string of the molecule is N#Cc1ccc(N2CC(c3nc(NC4CCCCC4)c(C=N)c(=O)[nH]3)C2)cc1. The Bertz CT molecular complexity index is 946. The van der Waals surface area contributed by atoms with Gasteiger partial charge in [0.15, 0.2) is 0 Å². The summed E-state index contributed by atoms with van der Waals surface area (Å²) in [6.07, 6.45) is 6.89. The lowest BCUT2D eigenvalue weighted by atomic mass is 9.95. The molecule has 0 radical (unpaired) electrons. The van der Waals surface area contributed by atoms with E-state index in [0.717, 1.165) is 37.8 Å². The van der Waals surface area contributed by atoms with Crippen LogP contribution in [-0.2, 0) is 0 Å². The number of nitrogens with one attached hydrogen (secondary N) is 3. The van der Waals surface area contributed by atoms with E-state index in [9.17, 15) is 4.79 Å². The second-order valence-corrected chi connectivity index (χ2v) is 7.60. The van der Waals surface area contributed by atoms with Crippen LogP contribution in [0.25, 0.3) is 0 Å². The summed E-state index contributed by atoms with van der Waals surface area (Å²) in [5.41, 5.74) is 1.76. The van der Waals surface area contributed by atoms with E-state index < -0.39 is 0 Å². The second-order valence-electron chi connectivity index (χ2n) is 7.60. The minimum Gasteiger partial charge on any atom is -0.370 e. The minimum absolute atomic E-state index is 0.148. The molecular formula is C21H24N6O. The van der Waals surface area contributed by atoms with Gasteiger partial charge in [-0.1, -0.05) is 19.3 Å². The van der Waals surface area contributed by atoms with Crippen LogP contribution >= 0.6 is 0 Å². The predicted octanol–water partition coefficient (Wildman–Crippen LogP) is 2.99. The summed E-state index contributed by atoms with van der Waals surface area (Å²) in [6.45, 7) is 1.53. The molecule has 7 heteroatoms. The Morgan fingerprint density at radius 2 is 1.93 bits per heavy atom. The number of hydrogen-bond donors (Lipinski definition) is 3. The van der Waals surface area contributed by atoms with Crippen molar-refractivity contribution in [2.45, 2.75) is 44.1 Å². The van der Waals surface area contributed by atoms with Gasteiger partial charge in [-0.25, -0.2) is 4.98 Å². The third kappa shape index (κ3) is 3.63. The fraction of sp³-hybridized carbons (Fsp3) is 0.429. The molecule has 0 atom stereocenters. The van der Waals surface area contributed by atoms with Crippen LogP contribution in [0.1, 0.15) is 55.0 Å². The molecular weight excluding hydrogens is 352 g/mol. The number of H-pyrrole nitrogens is 1. The van der Waals surface area contributed by atoms with E-state index in [4.69, 9.17) is 10.7 Å². The number of nitrogens with zero attached hydrogens (tertiary/aromatic N) is 3. The molecule has 0 bridgehead atoms. The molecule has 1 saturated carbocycles. The molecule has 144 valence electrons. The normalized spacial score (nSPS) is 17.6. The molecule has 1 saturated heterocycles. The lowest BCUT2D eigenvalue weighted by molar-refractivity contribution is 0.460. The Hall–Kier alpha value is -3.14. The van der Waals surface area contributed by atoms with Crippen LogP contribution in [0.2, 0.25) is 0 Å². The zero-order valence-electron chi connectivity index (χ0n) is 15.7. The molecule has 0 unspecified atom stereocenters. The second kappa shape index (κ2) is 7.85. The van der Waals surface area contributed by atoms with E-state index in [1.165, 1.54) is 19.3 Å². The van der Waals surface area contributed by atoms with Crippen molar-refractivity contribution in [3.63, 3.8) is 0 Å². The molecule has 4 rings (SSSR count). The quantitative estimate of drug-likeness (QED) is 0.695. The van der Waals surface area contributed by atoms with Crippen LogP contribution in [0.5, 0.6) is 0 Å². The monoisotopic (exact) mass is 376 g/mol. The van der Waals surface area contributed by atoms with Crippen LogP contribution in [0, 0.1) is 16.7 Å². The number of benzene rings is 1.